The molecule has 0 radical (unpaired) electrons. The van der Waals surface area contributed by atoms with Crippen LogP contribution in [0.1, 0.15) is 45.5 Å². The van der Waals surface area contributed by atoms with Gasteiger partial charge in [-0.2, -0.15) is 0 Å². The number of fused-ring (bicyclic) bond motifs is 1. The lowest BCUT2D eigenvalue weighted by Gasteiger charge is -2.36. The van der Waals surface area contributed by atoms with Gasteiger partial charge in [-0.25, -0.2) is 21.6 Å². The summed E-state index contributed by atoms with van der Waals surface area (Å²) >= 11 is 6.24. The van der Waals surface area contributed by atoms with E-state index >= 15 is 0 Å². The predicted molar refractivity (Wildman–Crippen MR) is 172 cm³/mol. The monoisotopic (exact) mass is 659 g/mol. The van der Waals surface area contributed by atoms with E-state index in [0.717, 1.165) is 66.7 Å². The summed E-state index contributed by atoms with van der Waals surface area (Å²) in [6.45, 7) is 10.6. The Bertz CT molecular complexity index is 1750. The summed E-state index contributed by atoms with van der Waals surface area (Å²) in [5.74, 6) is 0.0521. The highest BCUT2D eigenvalue weighted by Gasteiger charge is 2.29. The summed E-state index contributed by atoms with van der Waals surface area (Å²) in [7, 11) is -7.84. The molecule has 1 saturated heterocycles. The van der Waals surface area contributed by atoms with Crippen molar-refractivity contribution in [2.75, 3.05) is 50.0 Å². The fraction of sp³-hybridized carbons (Fsp3) is 0.406. The molecule has 9 nitrogen and oxygen atoms in total. The minimum Gasteiger partial charge on any atom is -0.494 e. The van der Waals surface area contributed by atoms with E-state index in [2.05, 4.69) is 14.5 Å². The van der Waals surface area contributed by atoms with Gasteiger partial charge in [0.25, 0.3) is 15.9 Å². The maximum atomic E-state index is 13.1. The van der Waals surface area contributed by atoms with Crippen LogP contribution in [0.15, 0.2) is 58.3 Å². The Kier molecular flexibility index (Phi) is 9.60. The summed E-state index contributed by atoms with van der Waals surface area (Å²) in [6.07, 6.45) is 1.99. The Morgan fingerprint density at radius 3 is 2.27 bits per heavy atom. The molecule has 1 amide bonds. The molecule has 3 aromatic rings. The maximum absolute atomic E-state index is 13.1. The lowest BCUT2D eigenvalue weighted by Crippen LogP contribution is -2.46. The largest absolute Gasteiger partial charge is 0.494 e. The van der Waals surface area contributed by atoms with Gasteiger partial charge in [0.2, 0.25) is 0 Å². The van der Waals surface area contributed by atoms with Crippen molar-refractivity contribution in [2.45, 2.75) is 49.8 Å². The highest BCUT2D eigenvalue weighted by Crippen LogP contribution is 2.30. The number of carbonyl (C=O) groups is 1. The van der Waals surface area contributed by atoms with Crippen LogP contribution in [-0.2, 0) is 26.3 Å². The smallest absolute Gasteiger partial charge is 0.264 e. The highest BCUT2D eigenvalue weighted by atomic mass is 35.5. The quantitative estimate of drug-likeness (QED) is 0.329. The van der Waals surface area contributed by atoms with E-state index in [4.69, 9.17) is 16.3 Å². The van der Waals surface area contributed by atoms with Crippen LogP contribution in [-0.4, -0.2) is 72.7 Å². The number of halogens is 1. The molecule has 0 aromatic heterocycles. The molecule has 236 valence electrons. The van der Waals surface area contributed by atoms with E-state index < -0.39 is 25.8 Å². The number of benzene rings is 3. The second kappa shape index (κ2) is 13.1. The van der Waals surface area contributed by atoms with E-state index in [1.54, 1.807) is 25.1 Å². The molecule has 0 unspecified atom stereocenters. The molecule has 0 bridgehead atoms. The van der Waals surface area contributed by atoms with E-state index in [0.29, 0.717) is 30.6 Å². The van der Waals surface area contributed by atoms with Gasteiger partial charge in [0.05, 0.1) is 22.2 Å². The van der Waals surface area contributed by atoms with Crippen molar-refractivity contribution < 1.29 is 26.4 Å². The average molecular weight is 660 g/mol. The Hall–Kier alpha value is -3.12. The maximum Gasteiger partial charge on any atom is 0.264 e. The number of hydrogen-bond donors (Lipinski definition) is 1. The first kappa shape index (κ1) is 32.3. The SMILES string of the molecule is Cc1cc2c(cc1S(=O)(=O)NC(=O)c1ccc(N3CCN(CCCOc4cc(C)c(Cl)c(C)c4)CC3)cc1)S(=O)(=O)CCC2. The summed E-state index contributed by atoms with van der Waals surface area (Å²) in [5.41, 5.74) is 4.19. The van der Waals surface area contributed by atoms with Crippen LogP contribution in [0, 0.1) is 20.8 Å². The van der Waals surface area contributed by atoms with Crippen LogP contribution in [0.5, 0.6) is 5.75 Å². The number of anilines is 1. The molecule has 0 saturated carbocycles. The predicted octanol–water partition coefficient (Wildman–Crippen LogP) is 4.69. The van der Waals surface area contributed by atoms with Crippen LogP contribution in [0.2, 0.25) is 5.02 Å². The van der Waals surface area contributed by atoms with Crippen molar-refractivity contribution in [2.24, 2.45) is 0 Å². The van der Waals surface area contributed by atoms with E-state index in [1.165, 1.54) is 6.07 Å². The summed E-state index contributed by atoms with van der Waals surface area (Å²) in [4.78, 5) is 17.4. The molecule has 0 spiro atoms. The molecule has 2 heterocycles. The Balaban J connectivity index is 1.12. The van der Waals surface area contributed by atoms with Crippen molar-refractivity contribution in [3.63, 3.8) is 0 Å². The van der Waals surface area contributed by atoms with E-state index in [9.17, 15) is 21.6 Å². The number of carbonyl (C=O) groups excluding carboxylic acids is 1. The summed E-state index contributed by atoms with van der Waals surface area (Å²) < 4.78 is 59.4. The molecule has 0 aliphatic carbocycles. The van der Waals surface area contributed by atoms with Crippen molar-refractivity contribution in [1.29, 1.82) is 0 Å². The van der Waals surface area contributed by atoms with Crippen molar-refractivity contribution in [3.8, 4) is 5.75 Å². The van der Waals surface area contributed by atoms with Crippen LogP contribution in [0.4, 0.5) is 5.69 Å². The molecule has 5 rings (SSSR count). The number of piperazine rings is 1. The zero-order valence-electron chi connectivity index (χ0n) is 25.2. The summed E-state index contributed by atoms with van der Waals surface area (Å²) in [6, 6.07) is 13.6. The highest BCUT2D eigenvalue weighted by molar-refractivity contribution is 7.92. The number of sulfone groups is 1. The first-order chi connectivity index (χ1) is 20.8. The lowest BCUT2D eigenvalue weighted by atomic mass is 10.1. The molecule has 12 heteroatoms. The van der Waals surface area contributed by atoms with Crippen molar-refractivity contribution in [1.82, 2.24) is 9.62 Å². The lowest BCUT2D eigenvalue weighted by molar-refractivity contribution is 0.0981. The van der Waals surface area contributed by atoms with Gasteiger partial charge in [0, 0.05) is 49.0 Å². The first-order valence-electron chi connectivity index (χ1n) is 14.7. The van der Waals surface area contributed by atoms with E-state index in [1.807, 2.05) is 38.1 Å². The van der Waals surface area contributed by atoms with Crippen LogP contribution in [0.25, 0.3) is 0 Å². The number of rotatable bonds is 9. The normalized spacial score (nSPS) is 16.8. The van der Waals surface area contributed by atoms with Crippen LogP contribution < -0.4 is 14.4 Å². The van der Waals surface area contributed by atoms with Gasteiger partial charge in [-0.3, -0.25) is 9.69 Å². The minimum absolute atomic E-state index is 0.0179. The molecule has 3 aromatic carbocycles. The van der Waals surface area contributed by atoms with Crippen molar-refractivity contribution >= 4 is 43.1 Å². The van der Waals surface area contributed by atoms with Gasteiger partial charge in [-0.1, -0.05) is 17.7 Å². The van der Waals surface area contributed by atoms with Gasteiger partial charge in [-0.05, 0) is 105 Å². The first-order valence-corrected chi connectivity index (χ1v) is 18.3. The number of ether oxygens (including phenoxy) is 1. The Morgan fingerprint density at radius 2 is 1.61 bits per heavy atom. The van der Waals surface area contributed by atoms with Gasteiger partial charge >= 0.3 is 0 Å². The number of nitrogens with zero attached hydrogens (tertiary/aromatic N) is 2. The Morgan fingerprint density at radius 1 is 0.955 bits per heavy atom. The Labute approximate surface area is 265 Å². The van der Waals surface area contributed by atoms with Crippen LogP contribution >= 0.6 is 11.6 Å². The molecule has 0 atom stereocenters. The van der Waals surface area contributed by atoms with Gasteiger partial charge < -0.3 is 9.64 Å². The number of sulfonamides is 1. The zero-order valence-corrected chi connectivity index (χ0v) is 27.6. The van der Waals surface area contributed by atoms with Gasteiger partial charge in [0.1, 0.15) is 5.75 Å². The third-order valence-corrected chi connectivity index (χ3v) is 12.2. The van der Waals surface area contributed by atoms with Gasteiger partial charge in [-0.15, -0.1) is 0 Å². The number of amides is 1. The average Bonchev–Trinajstić information content (AvgIpc) is 2.97. The van der Waals surface area contributed by atoms with Crippen molar-refractivity contribution in [3.05, 3.63) is 81.4 Å². The molecule has 44 heavy (non-hydrogen) atoms. The molecular formula is C32H38ClN3O6S2. The van der Waals surface area contributed by atoms with Gasteiger partial charge in [0.15, 0.2) is 9.84 Å². The molecule has 1 N–H and O–H groups in total. The number of aryl methyl sites for hydroxylation is 4. The zero-order chi connectivity index (χ0) is 31.6. The molecular weight excluding hydrogens is 622 g/mol. The third kappa shape index (κ3) is 7.22. The molecule has 2 aliphatic rings. The summed E-state index contributed by atoms with van der Waals surface area (Å²) in [5, 5.41) is 0.776. The number of nitrogens with one attached hydrogen (secondary N) is 1. The second-order valence-electron chi connectivity index (χ2n) is 11.5. The van der Waals surface area contributed by atoms with Crippen LogP contribution in [0.3, 0.4) is 0 Å². The minimum atomic E-state index is -4.28. The standard InChI is InChI=1S/C32H38ClN3O6S2/c1-22-18-26-6-4-17-43(38,39)30(26)21-29(22)44(40,41)34-32(37)25-7-9-27(10-8-25)36-14-12-35(13-15-36)11-5-16-42-28-19-23(2)31(33)24(3)20-28/h7-10,18-21H,4-6,11-17H2,1-3H3,(H,34,37). The van der Waals surface area contributed by atoms with E-state index in [-0.39, 0.29) is 21.1 Å². The fourth-order valence-corrected chi connectivity index (χ4v) is 8.84. The number of hydrogen-bond acceptors (Lipinski definition) is 8. The fourth-order valence-electron chi connectivity index (χ4n) is 5.82. The topological polar surface area (TPSA) is 113 Å². The molecule has 2 aliphatic heterocycles. The third-order valence-electron chi connectivity index (χ3n) is 8.23. The molecule has 1 fully saturated rings. The second-order valence-corrected chi connectivity index (χ2v) is 15.6.